The van der Waals surface area contributed by atoms with Crippen LogP contribution in [0.1, 0.15) is 53.8 Å². The SMILES string of the molecule is O=C(NC1CCC(C(=O)O)CC1)c1nn(-c2cccc(F)c2)c2c1CCC2. The van der Waals surface area contributed by atoms with Crippen LogP contribution in [0.5, 0.6) is 0 Å². The molecule has 27 heavy (non-hydrogen) atoms. The minimum absolute atomic E-state index is 0.0236. The van der Waals surface area contributed by atoms with Gasteiger partial charge in [-0.2, -0.15) is 5.10 Å². The fourth-order valence-corrected chi connectivity index (χ4v) is 4.18. The Labute approximate surface area is 156 Å². The molecule has 1 heterocycles. The minimum Gasteiger partial charge on any atom is -0.481 e. The van der Waals surface area contributed by atoms with E-state index in [1.165, 1.54) is 12.1 Å². The van der Waals surface area contributed by atoms with Crippen molar-refractivity contribution in [2.24, 2.45) is 5.92 Å². The molecule has 6 nitrogen and oxygen atoms in total. The molecule has 0 atom stereocenters. The molecule has 142 valence electrons. The van der Waals surface area contributed by atoms with Gasteiger partial charge >= 0.3 is 5.97 Å². The van der Waals surface area contributed by atoms with E-state index in [4.69, 9.17) is 5.11 Å². The first kappa shape index (κ1) is 17.7. The third kappa shape index (κ3) is 3.46. The molecule has 2 N–H and O–H groups in total. The third-order valence-electron chi connectivity index (χ3n) is 5.61. The second kappa shape index (κ2) is 7.13. The average Bonchev–Trinajstić information content (AvgIpc) is 3.24. The van der Waals surface area contributed by atoms with Crippen LogP contribution in [0, 0.1) is 11.7 Å². The van der Waals surface area contributed by atoms with E-state index in [0.29, 0.717) is 37.1 Å². The second-order valence-electron chi connectivity index (χ2n) is 7.38. The fraction of sp³-hybridized carbons (Fsp3) is 0.450. The van der Waals surface area contributed by atoms with E-state index in [1.54, 1.807) is 16.8 Å². The van der Waals surface area contributed by atoms with Crippen molar-refractivity contribution in [2.75, 3.05) is 0 Å². The van der Waals surface area contributed by atoms with Crippen LogP contribution in [0.3, 0.4) is 0 Å². The molecule has 0 saturated heterocycles. The number of carboxylic acids is 1. The summed E-state index contributed by atoms with van der Waals surface area (Å²) in [4.78, 5) is 23.9. The van der Waals surface area contributed by atoms with Gasteiger partial charge in [0.25, 0.3) is 5.91 Å². The lowest BCUT2D eigenvalue weighted by atomic mass is 9.86. The van der Waals surface area contributed by atoms with Crippen molar-refractivity contribution in [1.29, 1.82) is 0 Å². The number of carbonyl (C=O) groups is 2. The van der Waals surface area contributed by atoms with Crippen molar-refractivity contribution in [2.45, 2.75) is 51.0 Å². The summed E-state index contributed by atoms with van der Waals surface area (Å²) >= 11 is 0. The van der Waals surface area contributed by atoms with Gasteiger partial charge in [-0.15, -0.1) is 0 Å². The first-order chi connectivity index (χ1) is 13.0. The lowest BCUT2D eigenvalue weighted by molar-refractivity contribution is -0.142. The highest BCUT2D eigenvalue weighted by molar-refractivity contribution is 5.94. The molecule has 2 aliphatic rings. The standard InChI is InChI=1S/C20H22FN3O3/c21-13-3-1-4-15(11-13)24-17-6-2-5-16(17)18(23-24)19(25)22-14-9-7-12(8-10-14)20(26)27/h1,3-4,11-12,14H,2,5-10H2,(H,22,25)(H,26,27). The largest absolute Gasteiger partial charge is 0.481 e. The van der Waals surface area contributed by atoms with Crippen LogP contribution >= 0.6 is 0 Å². The molecule has 2 aromatic rings. The number of carboxylic acid groups (broad SMARTS) is 1. The molecule has 7 heteroatoms. The third-order valence-corrected chi connectivity index (χ3v) is 5.61. The van der Waals surface area contributed by atoms with Gasteiger partial charge in [0.1, 0.15) is 5.82 Å². The van der Waals surface area contributed by atoms with Crippen LogP contribution in [0.25, 0.3) is 5.69 Å². The van der Waals surface area contributed by atoms with Crippen molar-refractivity contribution in [1.82, 2.24) is 15.1 Å². The summed E-state index contributed by atoms with van der Waals surface area (Å²) in [5.74, 6) is -1.63. The zero-order valence-corrected chi connectivity index (χ0v) is 14.9. The topological polar surface area (TPSA) is 84.2 Å². The summed E-state index contributed by atoms with van der Waals surface area (Å²) < 4.78 is 15.3. The molecule has 0 unspecified atom stereocenters. The first-order valence-electron chi connectivity index (χ1n) is 9.43. The molecular weight excluding hydrogens is 349 g/mol. The van der Waals surface area contributed by atoms with Crippen LogP contribution < -0.4 is 5.32 Å². The van der Waals surface area contributed by atoms with Crippen molar-refractivity contribution < 1.29 is 19.1 Å². The Hall–Kier alpha value is -2.70. The molecule has 2 aliphatic carbocycles. The number of halogens is 1. The summed E-state index contributed by atoms with van der Waals surface area (Å²) in [6.45, 7) is 0. The number of rotatable bonds is 4. The molecule has 0 radical (unpaired) electrons. The predicted octanol–water partition coefficient (Wildman–Crippen LogP) is 2.87. The Morgan fingerprint density at radius 1 is 1.19 bits per heavy atom. The van der Waals surface area contributed by atoms with Crippen LogP contribution in [0.2, 0.25) is 0 Å². The Kier molecular flexibility index (Phi) is 4.68. The van der Waals surface area contributed by atoms with Gasteiger partial charge in [0.15, 0.2) is 5.69 Å². The van der Waals surface area contributed by atoms with Crippen LogP contribution in [0.15, 0.2) is 24.3 Å². The Morgan fingerprint density at radius 2 is 1.96 bits per heavy atom. The summed E-state index contributed by atoms with van der Waals surface area (Å²) in [5, 5.41) is 16.6. The van der Waals surface area contributed by atoms with Gasteiger partial charge in [0, 0.05) is 17.3 Å². The van der Waals surface area contributed by atoms with Gasteiger partial charge in [-0.05, 0) is 63.1 Å². The Bertz CT molecular complexity index is 885. The second-order valence-corrected chi connectivity index (χ2v) is 7.38. The zero-order valence-electron chi connectivity index (χ0n) is 14.9. The number of carbonyl (C=O) groups excluding carboxylic acids is 1. The molecule has 1 amide bonds. The fourth-order valence-electron chi connectivity index (χ4n) is 4.18. The highest BCUT2D eigenvalue weighted by Crippen LogP contribution is 2.29. The number of hydrogen-bond acceptors (Lipinski definition) is 3. The summed E-state index contributed by atoms with van der Waals surface area (Å²) in [7, 11) is 0. The number of nitrogens with one attached hydrogen (secondary N) is 1. The lowest BCUT2D eigenvalue weighted by Gasteiger charge is -2.26. The van der Waals surface area contributed by atoms with Gasteiger partial charge in [-0.25, -0.2) is 9.07 Å². The number of aromatic nitrogens is 2. The minimum atomic E-state index is -0.758. The predicted molar refractivity (Wildman–Crippen MR) is 96.4 cm³/mol. The Morgan fingerprint density at radius 3 is 2.67 bits per heavy atom. The van der Waals surface area contributed by atoms with E-state index in [0.717, 1.165) is 30.5 Å². The van der Waals surface area contributed by atoms with Crippen molar-refractivity contribution in [3.05, 3.63) is 47.0 Å². The van der Waals surface area contributed by atoms with Crippen molar-refractivity contribution >= 4 is 11.9 Å². The number of nitrogens with zero attached hydrogens (tertiary/aromatic N) is 2. The number of hydrogen-bond donors (Lipinski definition) is 2. The quantitative estimate of drug-likeness (QED) is 0.866. The van der Waals surface area contributed by atoms with E-state index in [-0.39, 0.29) is 23.7 Å². The van der Waals surface area contributed by atoms with E-state index < -0.39 is 5.97 Å². The van der Waals surface area contributed by atoms with Crippen LogP contribution in [0.4, 0.5) is 4.39 Å². The molecule has 1 fully saturated rings. The zero-order chi connectivity index (χ0) is 19.0. The first-order valence-corrected chi connectivity index (χ1v) is 9.43. The van der Waals surface area contributed by atoms with E-state index in [9.17, 15) is 14.0 Å². The normalized spacial score (nSPS) is 21.7. The molecule has 0 bridgehead atoms. The van der Waals surface area contributed by atoms with Gasteiger partial charge in [-0.3, -0.25) is 9.59 Å². The van der Waals surface area contributed by atoms with Crippen LogP contribution in [-0.4, -0.2) is 32.8 Å². The number of benzene rings is 1. The maximum Gasteiger partial charge on any atom is 0.306 e. The monoisotopic (exact) mass is 371 g/mol. The van der Waals surface area contributed by atoms with Gasteiger partial charge in [-0.1, -0.05) is 6.07 Å². The molecule has 1 aromatic carbocycles. The van der Waals surface area contributed by atoms with Gasteiger partial charge in [0.2, 0.25) is 0 Å². The number of aliphatic carboxylic acids is 1. The average molecular weight is 371 g/mol. The highest BCUT2D eigenvalue weighted by atomic mass is 19.1. The van der Waals surface area contributed by atoms with Gasteiger partial charge < -0.3 is 10.4 Å². The lowest BCUT2D eigenvalue weighted by Crippen LogP contribution is -2.39. The number of amides is 1. The van der Waals surface area contributed by atoms with Crippen LogP contribution in [-0.2, 0) is 17.6 Å². The van der Waals surface area contributed by atoms with E-state index in [2.05, 4.69) is 10.4 Å². The molecule has 0 aliphatic heterocycles. The maximum absolute atomic E-state index is 13.6. The molecule has 1 aromatic heterocycles. The van der Waals surface area contributed by atoms with Crippen molar-refractivity contribution in [3.8, 4) is 5.69 Å². The smallest absolute Gasteiger partial charge is 0.306 e. The molecular formula is C20H22FN3O3. The summed E-state index contributed by atoms with van der Waals surface area (Å²) in [5.41, 5.74) is 2.94. The highest BCUT2D eigenvalue weighted by Gasteiger charge is 2.30. The maximum atomic E-state index is 13.6. The van der Waals surface area contributed by atoms with E-state index in [1.807, 2.05) is 0 Å². The number of fused-ring (bicyclic) bond motifs is 1. The molecule has 4 rings (SSSR count). The summed E-state index contributed by atoms with van der Waals surface area (Å²) in [6, 6.07) is 6.19. The molecule has 0 spiro atoms. The Balaban J connectivity index is 1.53. The van der Waals surface area contributed by atoms with Crippen molar-refractivity contribution in [3.63, 3.8) is 0 Å². The summed E-state index contributed by atoms with van der Waals surface area (Å²) in [6.07, 6.45) is 5.04. The molecule has 1 saturated carbocycles. The van der Waals surface area contributed by atoms with E-state index >= 15 is 0 Å². The van der Waals surface area contributed by atoms with Gasteiger partial charge in [0.05, 0.1) is 11.6 Å².